The molecule has 0 spiro atoms. The monoisotopic (exact) mass is 611 g/mol. The van der Waals surface area contributed by atoms with Crippen LogP contribution in [0.15, 0.2) is 27.0 Å². The zero-order valence-electron chi connectivity index (χ0n) is 21.7. The molecule has 40 heavy (non-hydrogen) atoms. The molecule has 4 rings (SSSR count). The third-order valence-electron chi connectivity index (χ3n) is 5.56. The second-order valence-corrected chi connectivity index (χ2v) is 12.4. The van der Waals surface area contributed by atoms with Crippen LogP contribution in [0.2, 0.25) is 0 Å². The maximum atomic E-state index is 13.2. The van der Waals surface area contributed by atoms with Crippen LogP contribution in [0.4, 0.5) is 5.13 Å². The largest absolute Gasteiger partial charge is 0.427 e. The lowest BCUT2D eigenvalue weighted by Gasteiger charge is -2.49. The fourth-order valence-corrected chi connectivity index (χ4v) is 6.40. The highest BCUT2D eigenvalue weighted by Crippen LogP contribution is 2.42. The van der Waals surface area contributed by atoms with Gasteiger partial charge in [0.25, 0.3) is 11.8 Å². The van der Waals surface area contributed by atoms with Crippen molar-refractivity contribution in [1.82, 2.24) is 35.4 Å². The van der Waals surface area contributed by atoms with Crippen molar-refractivity contribution < 1.29 is 33.9 Å². The van der Waals surface area contributed by atoms with Crippen molar-refractivity contribution in [3.63, 3.8) is 0 Å². The van der Waals surface area contributed by atoms with E-state index in [9.17, 15) is 24.4 Å². The summed E-state index contributed by atoms with van der Waals surface area (Å²) in [5.41, 5.74) is 4.98. The number of aromatic nitrogens is 5. The number of nitrogens with two attached hydrogens (primary N) is 1. The van der Waals surface area contributed by atoms with Gasteiger partial charge in [0.15, 0.2) is 10.8 Å². The normalized spacial score (nSPS) is 19.1. The first-order valence-corrected chi connectivity index (χ1v) is 14.4. The van der Waals surface area contributed by atoms with Crippen LogP contribution in [0.3, 0.4) is 0 Å². The van der Waals surface area contributed by atoms with Crippen molar-refractivity contribution in [1.29, 1.82) is 0 Å². The molecule has 2 aliphatic heterocycles. The predicted molar refractivity (Wildman–Crippen MR) is 143 cm³/mol. The van der Waals surface area contributed by atoms with Crippen LogP contribution in [0.25, 0.3) is 0 Å². The molecule has 0 aliphatic carbocycles. The number of anilines is 1. The number of fused-ring (bicyclic) bond motifs is 1. The molecule has 1 unspecified atom stereocenters. The van der Waals surface area contributed by atoms with Gasteiger partial charge >= 0.3 is 11.9 Å². The Hall–Kier alpha value is -3.71. The molecule has 2 atom stereocenters. The number of oxime groups is 1. The number of ether oxygens (including phenoxy) is 2. The Labute approximate surface area is 239 Å². The van der Waals surface area contributed by atoms with Gasteiger partial charge in [-0.15, -0.1) is 28.2 Å². The summed E-state index contributed by atoms with van der Waals surface area (Å²) in [5.74, 6) is -2.29. The maximum absolute atomic E-state index is 13.2. The van der Waals surface area contributed by atoms with E-state index in [1.165, 1.54) is 38.5 Å². The molecule has 1 saturated heterocycles. The van der Waals surface area contributed by atoms with Gasteiger partial charge in [0, 0.05) is 23.9 Å². The number of rotatable bonds is 9. The first-order chi connectivity index (χ1) is 18.9. The average molecular weight is 612 g/mol. The number of carbonyl (C=O) groups is 4. The Bertz CT molecular complexity index is 1400. The van der Waals surface area contributed by atoms with Crippen LogP contribution in [0.5, 0.6) is 0 Å². The number of hydrogen-bond acceptors (Lipinski definition) is 16. The number of β-lactam (4-membered cyclic amide) rings is 1. The highest BCUT2D eigenvalue weighted by Gasteiger charge is 2.54. The van der Waals surface area contributed by atoms with E-state index in [-0.39, 0.29) is 22.3 Å². The zero-order valence-corrected chi connectivity index (χ0v) is 24.1. The molecule has 4 N–H and O–H groups in total. The predicted octanol–water partition coefficient (Wildman–Crippen LogP) is -0.0366. The number of thiazole rings is 1. The zero-order chi connectivity index (χ0) is 29.2. The van der Waals surface area contributed by atoms with Gasteiger partial charge in [0.2, 0.25) is 11.9 Å². The van der Waals surface area contributed by atoms with E-state index >= 15 is 0 Å². The SMILES string of the molecule is Cn1nnnc1SCC1=C(C(=O)OCOC(=O)C(C)(C)C)N2C(=O)C(NC(=O)C(=NO)c3csc(N)n3)[C@@H]2SC1. The fraction of sp³-hybridized carbons (Fsp3) is 0.476. The van der Waals surface area contributed by atoms with Crippen LogP contribution in [-0.4, -0.2) is 94.5 Å². The second kappa shape index (κ2) is 11.8. The van der Waals surface area contributed by atoms with Crippen molar-refractivity contribution >= 4 is 69.5 Å². The molecule has 2 aromatic rings. The van der Waals surface area contributed by atoms with Gasteiger partial charge in [-0.05, 0) is 36.8 Å². The fourth-order valence-electron chi connectivity index (χ4n) is 3.52. The molecule has 16 nitrogen and oxygen atoms in total. The minimum absolute atomic E-state index is 0.0167. The maximum Gasteiger partial charge on any atom is 0.357 e. The summed E-state index contributed by atoms with van der Waals surface area (Å²) < 4.78 is 11.7. The number of esters is 2. The Balaban J connectivity index is 1.51. The minimum atomic E-state index is -1.02. The third kappa shape index (κ3) is 6.04. The lowest BCUT2D eigenvalue weighted by atomic mass is 9.98. The number of aryl methyl sites for hydroxylation is 1. The van der Waals surface area contributed by atoms with E-state index in [1.54, 1.807) is 27.8 Å². The molecule has 0 radical (unpaired) electrons. The van der Waals surface area contributed by atoms with E-state index in [1.807, 2.05) is 0 Å². The van der Waals surface area contributed by atoms with E-state index < -0.39 is 53.1 Å². The number of carbonyl (C=O) groups excluding carboxylic acids is 4. The quantitative estimate of drug-likeness (QED) is 0.0645. The first-order valence-electron chi connectivity index (χ1n) is 11.5. The summed E-state index contributed by atoms with van der Waals surface area (Å²) >= 11 is 3.63. The van der Waals surface area contributed by atoms with Gasteiger partial charge in [0.05, 0.1) is 5.41 Å². The van der Waals surface area contributed by atoms with Gasteiger partial charge in [-0.2, -0.15) is 0 Å². The number of nitrogens with one attached hydrogen (secondary N) is 1. The van der Waals surface area contributed by atoms with Gasteiger partial charge in [-0.1, -0.05) is 16.9 Å². The molecule has 214 valence electrons. The molecule has 2 aliphatic rings. The van der Waals surface area contributed by atoms with Crippen LogP contribution in [-0.2, 0) is 35.7 Å². The van der Waals surface area contributed by atoms with Gasteiger partial charge in [0.1, 0.15) is 22.8 Å². The number of tetrazole rings is 1. The third-order valence-corrected chi connectivity index (χ3v) is 8.67. The molecule has 19 heteroatoms. The van der Waals surface area contributed by atoms with Gasteiger partial charge in [-0.25, -0.2) is 14.5 Å². The average Bonchev–Trinajstić information content (AvgIpc) is 3.52. The molecular weight excluding hydrogens is 586 g/mol. The highest BCUT2D eigenvalue weighted by atomic mass is 32.2. The molecular formula is C21H25N9O7S3. The summed E-state index contributed by atoms with van der Waals surface area (Å²) in [6, 6.07) is -1.02. The summed E-state index contributed by atoms with van der Waals surface area (Å²) in [4.78, 5) is 56.4. The Kier molecular flexibility index (Phi) is 8.64. The number of nitrogens with zero attached hydrogens (tertiary/aromatic N) is 7. The highest BCUT2D eigenvalue weighted by molar-refractivity contribution is 8.01. The standard InChI is InChI=1S/C21H25N9O7S3/c1-21(2,3)18(34)37-8-36-17(33)13-9(6-40-20-25-27-28-29(20)4)5-38-16-12(15(32)30(13)16)24-14(31)11(26-35)10-7-39-19(22)23-10/h7,12,16,35H,5-6,8H2,1-4H3,(H2,22,23)(H,24,31)/t12?,16-/m0/s1. The minimum Gasteiger partial charge on any atom is -0.427 e. The molecule has 4 heterocycles. The summed E-state index contributed by atoms with van der Waals surface area (Å²) in [6.07, 6.45) is 0. The molecule has 0 aromatic carbocycles. The first kappa shape index (κ1) is 29.3. The lowest BCUT2D eigenvalue weighted by molar-refractivity contribution is -0.173. The molecule has 2 aromatic heterocycles. The van der Waals surface area contributed by atoms with Crippen molar-refractivity contribution in [2.45, 2.75) is 37.3 Å². The van der Waals surface area contributed by atoms with E-state index in [2.05, 4.69) is 31.0 Å². The summed E-state index contributed by atoms with van der Waals surface area (Å²) in [5, 5.41) is 27.6. The topological polar surface area (TPSA) is 217 Å². The molecule has 1 fully saturated rings. The van der Waals surface area contributed by atoms with Crippen LogP contribution < -0.4 is 11.1 Å². The van der Waals surface area contributed by atoms with E-state index in [0.29, 0.717) is 16.5 Å². The van der Waals surface area contributed by atoms with E-state index in [4.69, 9.17) is 15.2 Å². The van der Waals surface area contributed by atoms with E-state index in [0.717, 1.165) is 11.3 Å². The lowest BCUT2D eigenvalue weighted by Crippen LogP contribution is -2.71. The second-order valence-electron chi connectivity index (χ2n) is 9.44. The number of nitrogen functional groups attached to an aromatic ring is 1. The molecule has 0 bridgehead atoms. The van der Waals surface area contributed by atoms with Crippen molar-refractivity contribution in [2.24, 2.45) is 17.6 Å². The van der Waals surface area contributed by atoms with Crippen LogP contribution in [0, 0.1) is 5.41 Å². The Morgan fingerprint density at radius 2 is 2.08 bits per heavy atom. The Morgan fingerprint density at radius 3 is 2.67 bits per heavy atom. The smallest absolute Gasteiger partial charge is 0.357 e. The molecule has 0 saturated carbocycles. The van der Waals surface area contributed by atoms with Crippen LogP contribution >= 0.6 is 34.9 Å². The molecule has 2 amide bonds. The van der Waals surface area contributed by atoms with Gasteiger partial charge < -0.3 is 25.7 Å². The van der Waals surface area contributed by atoms with Crippen LogP contribution in [0.1, 0.15) is 26.5 Å². The Morgan fingerprint density at radius 1 is 1.32 bits per heavy atom. The summed E-state index contributed by atoms with van der Waals surface area (Å²) in [7, 11) is 1.66. The van der Waals surface area contributed by atoms with Crippen molar-refractivity contribution in [3.05, 3.63) is 22.3 Å². The van der Waals surface area contributed by atoms with Gasteiger partial charge in [-0.3, -0.25) is 19.3 Å². The van der Waals surface area contributed by atoms with Crippen molar-refractivity contribution in [2.75, 3.05) is 24.0 Å². The number of amides is 2. The van der Waals surface area contributed by atoms with Crippen molar-refractivity contribution in [3.8, 4) is 0 Å². The summed E-state index contributed by atoms with van der Waals surface area (Å²) in [6.45, 7) is 4.33. The number of hydrogen-bond donors (Lipinski definition) is 3. The number of thioether (sulfide) groups is 2.